The average molecular weight is 577 g/mol. The highest BCUT2D eigenvalue weighted by molar-refractivity contribution is 5.89. The Bertz CT molecular complexity index is 2460. The van der Waals surface area contributed by atoms with Crippen molar-refractivity contribution in [2.75, 3.05) is 0 Å². The summed E-state index contributed by atoms with van der Waals surface area (Å²) in [7, 11) is 0. The van der Waals surface area contributed by atoms with Crippen molar-refractivity contribution >= 4 is 44.6 Å². The fraction of sp³-hybridized carbons (Fsp3) is 0.0488. The van der Waals surface area contributed by atoms with Gasteiger partial charge in [0.05, 0.1) is 11.2 Å². The molecule has 0 spiro atoms. The molecule has 2 heterocycles. The lowest BCUT2D eigenvalue weighted by atomic mass is 10.1. The van der Waals surface area contributed by atoms with Crippen LogP contribution in [-0.2, 0) is 0 Å². The van der Waals surface area contributed by atoms with Crippen LogP contribution in [0.3, 0.4) is 0 Å². The first-order valence-electron chi connectivity index (χ1n) is 15.4. The zero-order valence-electron chi connectivity index (χ0n) is 24.6. The zero-order valence-corrected chi connectivity index (χ0v) is 24.6. The number of benzene rings is 6. The Morgan fingerprint density at radius 2 is 1.02 bits per heavy atom. The Kier molecular flexibility index (Phi) is 5.91. The van der Waals surface area contributed by atoms with Crippen molar-refractivity contribution in [1.29, 1.82) is 0 Å². The molecule has 45 heavy (non-hydrogen) atoms. The van der Waals surface area contributed by atoms with Crippen molar-refractivity contribution in [2.45, 2.75) is 12.8 Å². The molecule has 0 aliphatic heterocycles. The fourth-order valence-electron chi connectivity index (χ4n) is 6.68. The normalized spacial score (nSPS) is 12.6. The lowest BCUT2D eigenvalue weighted by Gasteiger charge is -2.14. The van der Waals surface area contributed by atoms with Gasteiger partial charge in [0.1, 0.15) is 0 Å². The largest absolute Gasteiger partial charge is 0.309 e. The van der Waals surface area contributed by atoms with Crippen molar-refractivity contribution in [3.8, 4) is 39.9 Å². The topological polar surface area (TPSA) is 43.6 Å². The first kappa shape index (κ1) is 25.6. The Morgan fingerprint density at radius 1 is 0.467 bits per heavy atom. The molecule has 9 rings (SSSR count). The molecule has 2 aromatic heterocycles. The van der Waals surface area contributed by atoms with Crippen LogP contribution in [0.4, 0.5) is 0 Å². The molecule has 0 unspecified atom stereocenters. The minimum absolute atomic E-state index is 0.651. The van der Waals surface area contributed by atoms with Crippen molar-refractivity contribution < 1.29 is 0 Å². The summed E-state index contributed by atoms with van der Waals surface area (Å²) in [6.07, 6.45) is 6.81. The number of aromatic nitrogens is 4. The van der Waals surface area contributed by atoms with E-state index >= 15 is 0 Å². The van der Waals surface area contributed by atoms with Gasteiger partial charge in [-0.15, -0.1) is 0 Å². The van der Waals surface area contributed by atoms with Gasteiger partial charge in [-0.3, -0.25) is 0 Å². The van der Waals surface area contributed by atoms with E-state index in [0.717, 1.165) is 46.0 Å². The van der Waals surface area contributed by atoms with Gasteiger partial charge in [-0.25, -0.2) is 15.0 Å². The predicted molar refractivity (Wildman–Crippen MR) is 185 cm³/mol. The second-order valence-electron chi connectivity index (χ2n) is 11.6. The van der Waals surface area contributed by atoms with Gasteiger partial charge in [0.2, 0.25) is 0 Å². The number of hydrogen-bond donors (Lipinski definition) is 0. The standard InChI is InChI=1S/C41H28N4/c1-3-13-29-25-31(23-21-27(29)11-1)39-42-40(32-24-22-28-12-2-4-14-30(28)26-32)44-41(43-39)35-17-7-10-20-38(35)45-36-18-8-5-15-33(36)34-16-6-9-19-37(34)45/h1-5,7-8,10-26H,6,9H2. The number of fused-ring (bicyclic) bond motifs is 5. The summed E-state index contributed by atoms with van der Waals surface area (Å²) >= 11 is 0. The van der Waals surface area contributed by atoms with Crippen LogP contribution in [0.5, 0.6) is 0 Å². The maximum Gasteiger partial charge on any atom is 0.166 e. The van der Waals surface area contributed by atoms with Gasteiger partial charge in [-0.1, -0.05) is 115 Å². The highest BCUT2D eigenvalue weighted by Crippen LogP contribution is 2.31. The summed E-state index contributed by atoms with van der Waals surface area (Å²) in [6.45, 7) is 0. The van der Waals surface area contributed by atoms with E-state index in [1.54, 1.807) is 0 Å². The van der Waals surface area contributed by atoms with Crippen LogP contribution in [0.25, 0.3) is 84.5 Å². The molecule has 0 saturated heterocycles. The molecule has 6 aromatic carbocycles. The number of rotatable bonds is 4. The molecule has 0 fully saturated rings. The molecule has 0 saturated carbocycles. The Hall–Kier alpha value is -5.87. The number of hydrogen-bond acceptors (Lipinski definition) is 3. The lowest BCUT2D eigenvalue weighted by Crippen LogP contribution is -2.30. The van der Waals surface area contributed by atoms with Crippen LogP contribution in [0.2, 0.25) is 0 Å². The summed E-state index contributed by atoms with van der Waals surface area (Å²) in [5.74, 6) is 1.96. The maximum absolute atomic E-state index is 5.18. The SMILES string of the molecule is C1=c2c(n(-c3ccccc3-c3nc(-c4ccc5ccccc5c4)nc(-c4ccc5ccccc5c4)n3)c3ccccc23)=CCC1. The van der Waals surface area contributed by atoms with Gasteiger partial charge in [-0.2, -0.15) is 0 Å². The van der Waals surface area contributed by atoms with Gasteiger partial charge in [0, 0.05) is 32.6 Å². The van der Waals surface area contributed by atoms with E-state index in [0.29, 0.717) is 17.5 Å². The summed E-state index contributed by atoms with van der Waals surface area (Å²) in [5, 5.41) is 8.48. The van der Waals surface area contributed by atoms with Crippen molar-refractivity contribution in [3.63, 3.8) is 0 Å². The highest BCUT2D eigenvalue weighted by Gasteiger charge is 2.19. The first-order valence-corrected chi connectivity index (χ1v) is 15.4. The third-order valence-corrected chi connectivity index (χ3v) is 8.84. The zero-order chi connectivity index (χ0) is 29.7. The van der Waals surface area contributed by atoms with E-state index in [4.69, 9.17) is 15.0 Å². The van der Waals surface area contributed by atoms with Crippen molar-refractivity contribution in [3.05, 3.63) is 144 Å². The lowest BCUT2D eigenvalue weighted by molar-refractivity contribution is 1.01. The molecule has 0 radical (unpaired) electrons. The van der Waals surface area contributed by atoms with Crippen molar-refractivity contribution in [2.24, 2.45) is 0 Å². The molecule has 0 atom stereocenters. The van der Waals surface area contributed by atoms with Crippen LogP contribution >= 0.6 is 0 Å². The molecule has 0 bridgehead atoms. The number of nitrogens with zero attached hydrogens (tertiary/aromatic N) is 4. The molecule has 4 heteroatoms. The minimum Gasteiger partial charge on any atom is -0.309 e. The van der Waals surface area contributed by atoms with E-state index < -0.39 is 0 Å². The van der Waals surface area contributed by atoms with Crippen LogP contribution in [0.1, 0.15) is 12.8 Å². The molecule has 1 aliphatic carbocycles. The summed E-state index contributed by atoms with van der Waals surface area (Å²) < 4.78 is 2.38. The van der Waals surface area contributed by atoms with E-state index in [1.807, 2.05) is 0 Å². The average Bonchev–Trinajstić information content (AvgIpc) is 3.45. The monoisotopic (exact) mass is 576 g/mol. The van der Waals surface area contributed by atoms with Gasteiger partial charge in [-0.05, 0) is 64.7 Å². The van der Waals surface area contributed by atoms with Crippen molar-refractivity contribution in [1.82, 2.24) is 19.5 Å². The van der Waals surface area contributed by atoms with E-state index in [9.17, 15) is 0 Å². The van der Waals surface area contributed by atoms with Gasteiger partial charge in [0.25, 0.3) is 0 Å². The third-order valence-electron chi connectivity index (χ3n) is 8.84. The molecule has 212 valence electrons. The van der Waals surface area contributed by atoms with Crippen LogP contribution in [-0.4, -0.2) is 19.5 Å². The molecule has 8 aromatic rings. The molecular formula is C41H28N4. The highest BCUT2D eigenvalue weighted by atomic mass is 15.0. The molecular weight excluding hydrogens is 548 g/mol. The first-order chi connectivity index (χ1) is 22.3. The third kappa shape index (κ3) is 4.34. The Balaban J connectivity index is 1.31. The van der Waals surface area contributed by atoms with Gasteiger partial charge in [0.15, 0.2) is 17.5 Å². The number of para-hydroxylation sites is 2. The molecule has 0 amide bonds. The fourth-order valence-corrected chi connectivity index (χ4v) is 6.68. The maximum atomic E-state index is 5.18. The smallest absolute Gasteiger partial charge is 0.166 e. The van der Waals surface area contributed by atoms with E-state index in [-0.39, 0.29) is 0 Å². The quantitative estimate of drug-likeness (QED) is 0.211. The minimum atomic E-state index is 0.651. The summed E-state index contributed by atoms with van der Waals surface area (Å²) in [5.41, 5.74) is 5.13. The predicted octanol–water partition coefficient (Wildman–Crippen LogP) is 8.48. The van der Waals surface area contributed by atoms with Crippen LogP contribution in [0, 0.1) is 0 Å². The second-order valence-corrected chi connectivity index (χ2v) is 11.6. The molecule has 4 nitrogen and oxygen atoms in total. The van der Waals surface area contributed by atoms with Crippen LogP contribution < -0.4 is 10.6 Å². The van der Waals surface area contributed by atoms with Gasteiger partial charge < -0.3 is 4.57 Å². The molecule has 0 N–H and O–H groups in total. The van der Waals surface area contributed by atoms with E-state index in [2.05, 4.69) is 150 Å². The summed E-state index contributed by atoms with van der Waals surface area (Å²) in [4.78, 5) is 15.4. The van der Waals surface area contributed by atoms with Crippen LogP contribution in [0.15, 0.2) is 133 Å². The van der Waals surface area contributed by atoms with E-state index in [1.165, 1.54) is 32.2 Å². The Labute approximate surface area is 260 Å². The summed E-state index contributed by atoms with van der Waals surface area (Å²) in [6, 6.07) is 46.8. The van der Waals surface area contributed by atoms with Gasteiger partial charge >= 0.3 is 0 Å². The Morgan fingerprint density at radius 3 is 1.73 bits per heavy atom. The molecule has 1 aliphatic rings. The second kappa shape index (κ2) is 10.4.